The minimum absolute atomic E-state index is 0.126. The van der Waals surface area contributed by atoms with Crippen LogP contribution in [0.1, 0.15) is 27.8 Å². The van der Waals surface area contributed by atoms with Crippen molar-refractivity contribution in [3.8, 4) is 0 Å². The van der Waals surface area contributed by atoms with Crippen LogP contribution in [-0.4, -0.2) is 45.7 Å². The van der Waals surface area contributed by atoms with Gasteiger partial charge in [0, 0.05) is 24.1 Å². The number of halogens is 2. The molecular weight excluding hydrogens is 456 g/mol. The summed E-state index contributed by atoms with van der Waals surface area (Å²) < 4.78 is 16.4. The maximum Gasteiger partial charge on any atom is 0.255 e. The Bertz CT molecular complexity index is 838. The number of aromatic nitrogens is 1. The van der Waals surface area contributed by atoms with Crippen molar-refractivity contribution in [3.63, 3.8) is 0 Å². The van der Waals surface area contributed by atoms with E-state index in [1.54, 1.807) is 13.1 Å². The standard InChI is InChI=1S/C17H19FIN3O4/c1-9(24)15-6-12(17(26)20-7-11(25)8-23)16(22(15)2)21-14-4-3-10(19)5-13(14)18/h3-6,11,21,23,25H,7-8H2,1-2H3,(H,20,26). The molecule has 1 atom stereocenters. The highest BCUT2D eigenvalue weighted by molar-refractivity contribution is 14.1. The molecule has 0 saturated carbocycles. The second-order valence-corrected chi connectivity index (χ2v) is 6.95. The second-order valence-electron chi connectivity index (χ2n) is 5.70. The SMILES string of the molecule is CC(=O)c1cc(C(=O)NCC(O)CO)c(Nc2ccc(I)cc2F)n1C. The van der Waals surface area contributed by atoms with Gasteiger partial charge in [-0.1, -0.05) is 0 Å². The van der Waals surface area contributed by atoms with Gasteiger partial charge in [0.05, 0.1) is 29.7 Å². The normalized spacial score (nSPS) is 11.9. The van der Waals surface area contributed by atoms with Crippen LogP contribution in [0.15, 0.2) is 24.3 Å². The third kappa shape index (κ3) is 4.59. The molecule has 0 bridgehead atoms. The van der Waals surface area contributed by atoms with Gasteiger partial charge in [-0.2, -0.15) is 0 Å². The lowest BCUT2D eigenvalue weighted by molar-refractivity contribution is 0.0802. The van der Waals surface area contributed by atoms with Crippen molar-refractivity contribution >= 4 is 45.8 Å². The van der Waals surface area contributed by atoms with Crippen molar-refractivity contribution in [2.24, 2.45) is 7.05 Å². The lowest BCUT2D eigenvalue weighted by Crippen LogP contribution is -2.34. The maximum atomic E-state index is 14.2. The number of benzene rings is 1. The van der Waals surface area contributed by atoms with Gasteiger partial charge in [-0.15, -0.1) is 0 Å². The molecule has 0 radical (unpaired) electrons. The first kappa shape index (κ1) is 20.3. The molecule has 1 aromatic heterocycles. The predicted octanol–water partition coefficient (Wildman–Crippen LogP) is 1.80. The first-order chi connectivity index (χ1) is 12.2. The van der Waals surface area contributed by atoms with E-state index in [9.17, 15) is 19.1 Å². The van der Waals surface area contributed by atoms with Gasteiger partial charge in [0.1, 0.15) is 11.6 Å². The summed E-state index contributed by atoms with van der Waals surface area (Å²) >= 11 is 1.98. The van der Waals surface area contributed by atoms with E-state index in [0.717, 1.165) is 3.57 Å². The molecule has 0 aliphatic carbocycles. The molecule has 1 heterocycles. The number of Topliss-reactive ketones (excluding diaryl/α,β-unsaturated/α-hetero) is 1. The molecular formula is C17H19FIN3O4. The number of nitrogens with one attached hydrogen (secondary N) is 2. The predicted molar refractivity (Wildman–Crippen MR) is 103 cm³/mol. The molecule has 4 N–H and O–H groups in total. The van der Waals surface area contributed by atoms with Crippen molar-refractivity contribution in [2.75, 3.05) is 18.5 Å². The van der Waals surface area contributed by atoms with Crippen LogP contribution in [0, 0.1) is 9.39 Å². The van der Waals surface area contributed by atoms with E-state index in [1.807, 2.05) is 22.6 Å². The van der Waals surface area contributed by atoms with E-state index < -0.39 is 24.4 Å². The summed E-state index contributed by atoms with van der Waals surface area (Å²) in [6.45, 7) is 0.714. The topological polar surface area (TPSA) is 104 Å². The van der Waals surface area contributed by atoms with Gasteiger partial charge in [-0.05, 0) is 46.9 Å². The van der Waals surface area contributed by atoms with E-state index in [1.165, 1.54) is 29.7 Å². The van der Waals surface area contributed by atoms with Crippen LogP contribution in [-0.2, 0) is 7.05 Å². The third-order valence-corrected chi connectivity index (χ3v) is 4.40. The van der Waals surface area contributed by atoms with Crippen molar-refractivity contribution in [3.05, 3.63) is 44.9 Å². The van der Waals surface area contributed by atoms with Crippen LogP contribution in [0.25, 0.3) is 0 Å². The number of rotatable bonds is 7. The van der Waals surface area contributed by atoms with Crippen LogP contribution in [0.2, 0.25) is 0 Å². The van der Waals surface area contributed by atoms with Gasteiger partial charge >= 0.3 is 0 Å². The fourth-order valence-electron chi connectivity index (χ4n) is 2.35. The monoisotopic (exact) mass is 475 g/mol. The van der Waals surface area contributed by atoms with Crippen LogP contribution < -0.4 is 10.6 Å². The molecule has 0 aliphatic heterocycles. The number of hydrogen-bond acceptors (Lipinski definition) is 5. The number of amides is 1. The van der Waals surface area contributed by atoms with Gasteiger partial charge in [0.2, 0.25) is 0 Å². The van der Waals surface area contributed by atoms with Crippen LogP contribution >= 0.6 is 22.6 Å². The minimum Gasteiger partial charge on any atom is -0.394 e. The first-order valence-corrected chi connectivity index (χ1v) is 8.82. The molecule has 7 nitrogen and oxygen atoms in total. The number of carbonyl (C=O) groups is 2. The van der Waals surface area contributed by atoms with E-state index in [0.29, 0.717) is 0 Å². The van der Waals surface area contributed by atoms with Gasteiger partial charge < -0.3 is 25.4 Å². The minimum atomic E-state index is -1.10. The average Bonchev–Trinajstić information content (AvgIpc) is 2.91. The lowest BCUT2D eigenvalue weighted by Gasteiger charge is -2.13. The molecule has 1 aromatic carbocycles. The van der Waals surface area contributed by atoms with E-state index in [-0.39, 0.29) is 35.1 Å². The number of aliphatic hydroxyl groups is 2. The largest absolute Gasteiger partial charge is 0.394 e. The zero-order valence-corrected chi connectivity index (χ0v) is 16.4. The zero-order valence-electron chi connectivity index (χ0n) is 14.2. The second kappa shape index (κ2) is 8.60. The average molecular weight is 475 g/mol. The fourth-order valence-corrected chi connectivity index (χ4v) is 2.81. The van der Waals surface area contributed by atoms with E-state index in [4.69, 9.17) is 5.11 Å². The Kier molecular flexibility index (Phi) is 6.73. The van der Waals surface area contributed by atoms with Gasteiger partial charge in [-0.3, -0.25) is 9.59 Å². The van der Waals surface area contributed by atoms with Gasteiger partial charge in [0.15, 0.2) is 5.78 Å². The number of carbonyl (C=O) groups excluding carboxylic acids is 2. The number of aliphatic hydroxyl groups excluding tert-OH is 2. The Morgan fingerprint density at radius 2 is 2.04 bits per heavy atom. The molecule has 0 spiro atoms. The van der Waals surface area contributed by atoms with E-state index >= 15 is 0 Å². The molecule has 2 rings (SSSR count). The van der Waals surface area contributed by atoms with Crippen molar-refractivity contribution in [2.45, 2.75) is 13.0 Å². The van der Waals surface area contributed by atoms with Crippen LogP contribution in [0.4, 0.5) is 15.9 Å². The molecule has 0 fully saturated rings. The van der Waals surface area contributed by atoms with E-state index in [2.05, 4.69) is 10.6 Å². The Hall–Kier alpha value is -1.98. The Labute approximate surface area is 163 Å². The molecule has 9 heteroatoms. The quantitative estimate of drug-likeness (QED) is 0.362. The molecule has 2 aromatic rings. The molecule has 140 valence electrons. The number of anilines is 2. The fraction of sp³-hybridized carbons (Fsp3) is 0.294. The Morgan fingerprint density at radius 3 is 2.62 bits per heavy atom. The summed E-state index contributed by atoms with van der Waals surface area (Å²) in [6.07, 6.45) is -1.10. The summed E-state index contributed by atoms with van der Waals surface area (Å²) in [4.78, 5) is 24.2. The molecule has 0 aliphatic rings. The van der Waals surface area contributed by atoms with Crippen molar-refractivity contribution < 1.29 is 24.2 Å². The summed E-state index contributed by atoms with van der Waals surface area (Å²) in [5.74, 6) is -1.07. The zero-order chi connectivity index (χ0) is 19.4. The number of nitrogens with zero attached hydrogens (tertiary/aromatic N) is 1. The molecule has 1 unspecified atom stereocenters. The molecule has 1 amide bonds. The summed E-state index contributed by atoms with van der Waals surface area (Å²) in [5, 5.41) is 23.5. The molecule has 26 heavy (non-hydrogen) atoms. The smallest absolute Gasteiger partial charge is 0.255 e. The van der Waals surface area contributed by atoms with Crippen molar-refractivity contribution in [1.29, 1.82) is 0 Å². The van der Waals surface area contributed by atoms with Gasteiger partial charge in [0.25, 0.3) is 5.91 Å². The van der Waals surface area contributed by atoms with Crippen LogP contribution in [0.5, 0.6) is 0 Å². The van der Waals surface area contributed by atoms with Gasteiger partial charge in [-0.25, -0.2) is 4.39 Å². The summed E-state index contributed by atoms with van der Waals surface area (Å²) in [6, 6.07) is 5.98. The Morgan fingerprint density at radius 1 is 1.35 bits per heavy atom. The highest BCUT2D eigenvalue weighted by Gasteiger charge is 2.22. The van der Waals surface area contributed by atoms with Crippen LogP contribution in [0.3, 0.4) is 0 Å². The summed E-state index contributed by atoms with van der Waals surface area (Å²) in [7, 11) is 1.59. The number of ketones is 1. The highest BCUT2D eigenvalue weighted by atomic mass is 127. The maximum absolute atomic E-state index is 14.2. The van der Waals surface area contributed by atoms with Crippen molar-refractivity contribution in [1.82, 2.24) is 9.88 Å². The number of hydrogen-bond donors (Lipinski definition) is 4. The third-order valence-electron chi connectivity index (χ3n) is 3.73. The Balaban J connectivity index is 2.39. The lowest BCUT2D eigenvalue weighted by atomic mass is 10.2. The highest BCUT2D eigenvalue weighted by Crippen LogP contribution is 2.27. The summed E-state index contributed by atoms with van der Waals surface area (Å²) in [5.41, 5.74) is 0.554. The molecule has 0 saturated heterocycles. The first-order valence-electron chi connectivity index (χ1n) is 7.74.